The minimum absolute atomic E-state index is 0. The smallest absolute Gasteiger partial charge is 1.00 e. The Balaban J connectivity index is -0.0000000131. The standard InChI is InChI=1S/C4H10.Mg.HO2P.2H/c1-3-4-2;;1-3-2;;/h3-4H2,1-2H3;;(H,1,2);;/q;+2;;2*-1. The van der Waals surface area contributed by atoms with Crippen LogP contribution in [0.4, 0.5) is 0 Å². The van der Waals surface area contributed by atoms with Gasteiger partial charge in [0.05, 0.1) is 0 Å². The van der Waals surface area contributed by atoms with Gasteiger partial charge in [0, 0.05) is 0 Å². The third-order valence-electron chi connectivity index (χ3n) is 0.500. The predicted molar refractivity (Wildman–Crippen MR) is 38.4 cm³/mol. The molecule has 0 aliphatic rings. The monoisotopic (exact) mass is 148 g/mol. The van der Waals surface area contributed by atoms with E-state index in [9.17, 15) is 0 Å². The van der Waals surface area contributed by atoms with E-state index >= 15 is 0 Å². The molecule has 48 valence electrons. The largest absolute Gasteiger partial charge is 2.00 e. The van der Waals surface area contributed by atoms with Crippen LogP contribution in [0.1, 0.15) is 29.5 Å². The Morgan fingerprint density at radius 1 is 1.50 bits per heavy atom. The zero-order valence-corrected chi connectivity index (χ0v) is 7.73. The fraction of sp³-hybridized carbons (Fsp3) is 1.00. The number of hydrogen-bond donors (Lipinski definition) is 1. The molecule has 0 saturated carbocycles. The maximum absolute atomic E-state index is 8.46. The number of unbranched alkanes of at least 4 members (excludes halogenated alkanes) is 1. The van der Waals surface area contributed by atoms with Crippen molar-refractivity contribution in [3.63, 3.8) is 0 Å². The van der Waals surface area contributed by atoms with Crippen molar-refractivity contribution in [3.05, 3.63) is 0 Å². The molecule has 0 spiro atoms. The van der Waals surface area contributed by atoms with Gasteiger partial charge < -0.3 is 7.75 Å². The summed E-state index contributed by atoms with van der Waals surface area (Å²) < 4.78 is 8.46. The summed E-state index contributed by atoms with van der Waals surface area (Å²) in [5, 5.41) is 0. The third-order valence-corrected chi connectivity index (χ3v) is 0.500. The molecule has 0 aromatic rings. The van der Waals surface area contributed by atoms with E-state index in [1.807, 2.05) is 0 Å². The van der Waals surface area contributed by atoms with Crippen molar-refractivity contribution >= 4 is 31.7 Å². The molecule has 8 heavy (non-hydrogen) atoms. The average molecular weight is 148 g/mol. The fourth-order valence-electron chi connectivity index (χ4n) is 0. The molecule has 0 aliphatic heterocycles. The molecule has 0 radical (unpaired) electrons. The summed E-state index contributed by atoms with van der Waals surface area (Å²) in [4.78, 5) is 6.99. The van der Waals surface area contributed by atoms with E-state index < -0.39 is 8.69 Å². The zero-order chi connectivity index (χ0) is 6.12. The Labute approximate surface area is 71.1 Å². The minimum atomic E-state index is -0.833. The van der Waals surface area contributed by atoms with Crippen LogP contribution in [-0.2, 0) is 4.57 Å². The van der Waals surface area contributed by atoms with Crippen LogP contribution in [0.3, 0.4) is 0 Å². The molecule has 0 rings (SSSR count). The first kappa shape index (κ1) is 15.9. The van der Waals surface area contributed by atoms with Crippen molar-refractivity contribution in [1.82, 2.24) is 0 Å². The Bertz CT molecular complexity index is 40.4. The van der Waals surface area contributed by atoms with E-state index in [4.69, 9.17) is 9.46 Å². The fourth-order valence-corrected chi connectivity index (χ4v) is 0. The zero-order valence-electron chi connectivity index (χ0n) is 7.42. The molecule has 0 unspecified atom stereocenters. The quantitative estimate of drug-likeness (QED) is 0.455. The summed E-state index contributed by atoms with van der Waals surface area (Å²) in [6.45, 7) is 4.36. The van der Waals surface area contributed by atoms with Gasteiger partial charge in [-0.3, -0.25) is 0 Å². The predicted octanol–water partition coefficient (Wildman–Crippen LogP) is 1.84. The van der Waals surface area contributed by atoms with Crippen LogP contribution in [0.15, 0.2) is 0 Å². The van der Waals surface area contributed by atoms with Gasteiger partial charge in [-0.25, -0.2) is 4.57 Å². The van der Waals surface area contributed by atoms with Gasteiger partial charge in [-0.2, -0.15) is 0 Å². The Hall–Kier alpha value is 0.826. The number of rotatable bonds is 1. The van der Waals surface area contributed by atoms with Crippen molar-refractivity contribution < 1.29 is 12.3 Å². The summed E-state index contributed by atoms with van der Waals surface area (Å²) in [6.07, 6.45) is 2.64. The molecule has 0 amide bonds. The van der Waals surface area contributed by atoms with Crippen LogP contribution >= 0.6 is 8.69 Å². The summed E-state index contributed by atoms with van der Waals surface area (Å²) in [5.74, 6) is 0. The van der Waals surface area contributed by atoms with E-state index in [0.29, 0.717) is 0 Å². The second kappa shape index (κ2) is 24.9. The van der Waals surface area contributed by atoms with Crippen molar-refractivity contribution in [2.75, 3.05) is 0 Å². The Morgan fingerprint density at radius 3 is 1.62 bits per heavy atom. The second-order valence-electron chi connectivity index (χ2n) is 1.08. The van der Waals surface area contributed by atoms with Crippen LogP contribution in [0, 0.1) is 0 Å². The molecule has 1 N–H and O–H groups in total. The molecule has 0 fully saturated rings. The van der Waals surface area contributed by atoms with E-state index in [1.165, 1.54) is 12.8 Å². The summed E-state index contributed by atoms with van der Waals surface area (Å²) in [6, 6.07) is 0. The van der Waals surface area contributed by atoms with Gasteiger partial charge in [-0.1, -0.05) is 26.7 Å². The van der Waals surface area contributed by atoms with Gasteiger partial charge in [0.1, 0.15) is 0 Å². The summed E-state index contributed by atoms with van der Waals surface area (Å²) in [5.41, 5.74) is 0. The average Bonchev–Trinajstić information content (AvgIpc) is 1.69. The van der Waals surface area contributed by atoms with E-state index in [0.717, 1.165) is 0 Å². The Kier molecular flexibility index (Phi) is 49.6. The molecule has 0 bridgehead atoms. The van der Waals surface area contributed by atoms with Gasteiger partial charge in [0.2, 0.25) is 0 Å². The normalized spacial score (nSPS) is 6.38. The molecule has 0 aromatic carbocycles. The van der Waals surface area contributed by atoms with Gasteiger partial charge in [-0.15, -0.1) is 0 Å². The maximum Gasteiger partial charge on any atom is 2.00 e. The van der Waals surface area contributed by atoms with Crippen LogP contribution < -0.4 is 0 Å². The molecule has 0 heterocycles. The van der Waals surface area contributed by atoms with Crippen molar-refractivity contribution in [3.8, 4) is 0 Å². The van der Waals surface area contributed by atoms with Gasteiger partial charge >= 0.3 is 31.7 Å². The maximum atomic E-state index is 8.46. The second-order valence-corrected chi connectivity index (χ2v) is 1.24. The molecule has 0 aromatic heterocycles. The van der Waals surface area contributed by atoms with Crippen LogP contribution in [0.25, 0.3) is 0 Å². The van der Waals surface area contributed by atoms with Crippen LogP contribution in [0.5, 0.6) is 0 Å². The minimum Gasteiger partial charge on any atom is -1.00 e. The summed E-state index contributed by atoms with van der Waals surface area (Å²) >= 11 is 0. The van der Waals surface area contributed by atoms with E-state index in [2.05, 4.69) is 13.8 Å². The van der Waals surface area contributed by atoms with Crippen LogP contribution in [-0.4, -0.2) is 27.9 Å². The molecule has 0 atom stereocenters. The Morgan fingerprint density at radius 2 is 1.62 bits per heavy atom. The molecular formula is C4H13MgO2P. The molecule has 0 saturated heterocycles. The van der Waals surface area contributed by atoms with Crippen LogP contribution in [0.2, 0.25) is 0 Å². The molecular weight excluding hydrogens is 135 g/mol. The number of hydrogen-bond acceptors (Lipinski definition) is 1. The first-order chi connectivity index (χ1) is 3.33. The first-order valence-electron chi connectivity index (χ1n) is 2.30. The van der Waals surface area contributed by atoms with Crippen molar-refractivity contribution in [2.24, 2.45) is 0 Å². The van der Waals surface area contributed by atoms with Gasteiger partial charge in [-0.05, 0) is 0 Å². The summed E-state index contributed by atoms with van der Waals surface area (Å²) in [7, 11) is -0.833. The van der Waals surface area contributed by atoms with Crippen molar-refractivity contribution in [1.29, 1.82) is 0 Å². The topological polar surface area (TPSA) is 37.3 Å². The SMILES string of the molecule is CCCC.O=PO.[H-].[H-].[Mg+2]. The molecule has 4 heteroatoms. The molecule has 0 aliphatic carbocycles. The van der Waals surface area contributed by atoms with E-state index in [-0.39, 0.29) is 25.9 Å². The van der Waals surface area contributed by atoms with E-state index in [1.54, 1.807) is 0 Å². The molecule has 2 nitrogen and oxygen atoms in total. The van der Waals surface area contributed by atoms with Crippen molar-refractivity contribution in [2.45, 2.75) is 26.7 Å². The van der Waals surface area contributed by atoms with Gasteiger partial charge in [0.25, 0.3) is 0 Å². The third kappa shape index (κ3) is 69.5. The van der Waals surface area contributed by atoms with Gasteiger partial charge in [0.15, 0.2) is 0 Å². The first-order valence-corrected chi connectivity index (χ1v) is 3.06.